The first-order valence-corrected chi connectivity index (χ1v) is 17.9. The topological polar surface area (TPSA) is 110 Å². The van der Waals surface area contributed by atoms with Crippen LogP contribution in [0.2, 0.25) is 0 Å². The summed E-state index contributed by atoms with van der Waals surface area (Å²) in [5.74, 6) is 0.590. The summed E-state index contributed by atoms with van der Waals surface area (Å²) in [5, 5.41) is 16.1. The van der Waals surface area contributed by atoms with Crippen LogP contribution in [0.3, 0.4) is 0 Å². The van der Waals surface area contributed by atoms with Crippen LogP contribution in [0, 0.1) is 11.3 Å². The number of rotatable bonds is 13. The van der Waals surface area contributed by atoms with Gasteiger partial charge in [0.15, 0.2) is 0 Å². The van der Waals surface area contributed by atoms with Gasteiger partial charge in [0.25, 0.3) is 0 Å². The average Bonchev–Trinajstić information content (AvgIpc) is 3.78. The highest BCUT2D eigenvalue weighted by molar-refractivity contribution is 5.87. The van der Waals surface area contributed by atoms with Crippen molar-refractivity contribution in [2.45, 2.75) is 102 Å². The number of hydrogen-bond donors (Lipinski definition) is 2. The molecule has 2 saturated heterocycles. The lowest BCUT2D eigenvalue weighted by Crippen LogP contribution is -2.43. The monoisotopic (exact) mass is 640 g/mol. The van der Waals surface area contributed by atoms with Crippen LogP contribution in [0.15, 0.2) is 36.4 Å². The van der Waals surface area contributed by atoms with Gasteiger partial charge in [-0.15, -0.1) is 0 Å². The van der Waals surface area contributed by atoms with Gasteiger partial charge in [0.1, 0.15) is 12.4 Å². The van der Waals surface area contributed by atoms with Crippen LogP contribution in [0.1, 0.15) is 75.6 Å². The smallest absolute Gasteiger partial charge is 0.318 e. The molecule has 2 N–H and O–H groups in total. The van der Waals surface area contributed by atoms with Crippen LogP contribution in [-0.4, -0.2) is 95.7 Å². The number of hydrogen-bond acceptors (Lipinski definition) is 9. The Bertz CT molecular complexity index is 1430. The minimum Gasteiger partial charge on any atom is -0.462 e. The Balaban J connectivity index is 1.17. The number of benzene rings is 1. The van der Waals surface area contributed by atoms with Crippen LogP contribution in [0.5, 0.6) is 6.01 Å². The van der Waals surface area contributed by atoms with Gasteiger partial charge in [0, 0.05) is 61.5 Å². The molecule has 1 aliphatic carbocycles. The normalized spacial score (nSPS) is 22.2. The Morgan fingerprint density at radius 2 is 1.94 bits per heavy atom. The van der Waals surface area contributed by atoms with E-state index in [0.29, 0.717) is 37.3 Å². The van der Waals surface area contributed by atoms with Crippen molar-refractivity contribution in [3.63, 3.8) is 0 Å². The van der Waals surface area contributed by atoms with Crippen LogP contribution in [0.25, 0.3) is 0 Å². The maximum atomic E-state index is 12.8. The van der Waals surface area contributed by atoms with Crippen LogP contribution in [-0.2, 0) is 24.1 Å². The van der Waals surface area contributed by atoms with Crippen LogP contribution >= 0.6 is 0 Å². The summed E-state index contributed by atoms with van der Waals surface area (Å²) in [6.07, 6.45) is 13.5. The molecule has 252 valence electrons. The molecule has 47 heavy (non-hydrogen) atoms. The summed E-state index contributed by atoms with van der Waals surface area (Å²) in [5.41, 5.74) is 4.95. The number of nitrogens with zero attached hydrogens (tertiary/aromatic N) is 6. The van der Waals surface area contributed by atoms with Gasteiger partial charge in [-0.3, -0.25) is 14.6 Å². The highest BCUT2D eigenvalue weighted by Gasteiger charge is 2.32. The molecular formula is C37H52N8O2. The highest BCUT2D eigenvalue weighted by atomic mass is 16.5. The van der Waals surface area contributed by atoms with E-state index in [1.54, 1.807) is 6.08 Å². The van der Waals surface area contributed by atoms with E-state index in [2.05, 4.69) is 69.5 Å². The second kappa shape index (κ2) is 15.9. The SMILES string of the molecule is CC(C)N1CCC[C@H]1COc1nc2c(c(NC[C@H](CC#N)NC(=O)/C=C/CN3CCCC3)n1)CC[C@H](N1CCCc3ccccc31)C2. The first-order chi connectivity index (χ1) is 23.0. The van der Waals surface area contributed by atoms with Gasteiger partial charge in [-0.2, -0.15) is 15.2 Å². The number of aryl methyl sites for hydroxylation is 1. The fraction of sp³-hybridized carbons (Fsp3) is 0.622. The van der Waals surface area contributed by atoms with E-state index in [-0.39, 0.29) is 18.4 Å². The van der Waals surface area contributed by atoms with Crippen molar-refractivity contribution in [1.82, 2.24) is 25.1 Å². The third-order valence-electron chi connectivity index (χ3n) is 10.3. The van der Waals surface area contributed by atoms with Crippen LogP contribution in [0.4, 0.5) is 11.5 Å². The van der Waals surface area contributed by atoms with E-state index >= 15 is 0 Å². The Hall–Kier alpha value is -3.68. The molecule has 0 saturated carbocycles. The number of fused-ring (bicyclic) bond motifs is 2. The van der Waals surface area contributed by atoms with Crippen molar-refractivity contribution in [3.8, 4) is 12.1 Å². The molecule has 3 atom stereocenters. The molecular weight excluding hydrogens is 588 g/mol. The molecule has 0 spiro atoms. The number of carbonyl (C=O) groups excluding carboxylic acids is 1. The average molecular weight is 641 g/mol. The summed E-state index contributed by atoms with van der Waals surface area (Å²) in [4.78, 5) is 30.1. The summed E-state index contributed by atoms with van der Waals surface area (Å²) in [7, 11) is 0. The lowest BCUT2D eigenvalue weighted by atomic mass is 9.89. The summed E-state index contributed by atoms with van der Waals surface area (Å²) >= 11 is 0. The van der Waals surface area contributed by atoms with Gasteiger partial charge in [-0.25, -0.2) is 0 Å². The Kier molecular flexibility index (Phi) is 11.3. The molecule has 2 fully saturated rings. The van der Waals surface area contributed by atoms with E-state index in [1.165, 1.54) is 36.9 Å². The molecule has 0 unspecified atom stereocenters. The molecule has 3 aliphatic heterocycles. The van der Waals surface area contributed by atoms with Gasteiger partial charge < -0.3 is 20.3 Å². The summed E-state index contributed by atoms with van der Waals surface area (Å²) < 4.78 is 6.37. The Morgan fingerprint density at radius 1 is 1.09 bits per heavy atom. The quantitative estimate of drug-likeness (QED) is 0.306. The maximum Gasteiger partial charge on any atom is 0.318 e. The van der Waals surface area contributed by atoms with Gasteiger partial charge in [0.05, 0.1) is 24.2 Å². The van der Waals surface area contributed by atoms with Crippen molar-refractivity contribution in [2.24, 2.45) is 0 Å². The second-order valence-corrected chi connectivity index (χ2v) is 13.9. The van der Waals surface area contributed by atoms with Crippen molar-refractivity contribution >= 4 is 17.4 Å². The molecule has 10 nitrogen and oxygen atoms in total. The molecule has 1 aromatic heterocycles. The summed E-state index contributed by atoms with van der Waals surface area (Å²) in [6.45, 7) is 10.6. The zero-order valence-electron chi connectivity index (χ0n) is 28.3. The fourth-order valence-electron chi connectivity index (χ4n) is 7.91. The van der Waals surface area contributed by atoms with Gasteiger partial charge in [-0.05, 0) is 96.5 Å². The first kappa shape index (κ1) is 33.2. The fourth-order valence-corrected chi connectivity index (χ4v) is 7.91. The number of nitrogens with one attached hydrogen (secondary N) is 2. The Morgan fingerprint density at radius 3 is 2.77 bits per heavy atom. The number of para-hydroxylation sites is 1. The van der Waals surface area contributed by atoms with E-state index in [1.807, 2.05) is 6.08 Å². The van der Waals surface area contributed by atoms with Gasteiger partial charge in [-0.1, -0.05) is 24.3 Å². The standard InChI is InChI=1S/C37H52N8O2/c1-27(2)44-22-8-12-31(44)26-47-37-41-33-24-30(45-23-7-11-28-10-3-4-13-34(28)45)15-16-32(33)36(42-37)39-25-29(17-18-38)40-35(46)14-9-21-43-19-5-6-20-43/h3-4,9-10,13-14,27,29-31H,5-8,11-12,15-17,19-26H2,1-2H3,(H,40,46)(H,39,41,42)/b14-9+/t29-,30-,31-/m0/s1. The van der Waals surface area contributed by atoms with E-state index < -0.39 is 0 Å². The lowest BCUT2D eigenvalue weighted by Gasteiger charge is -2.40. The summed E-state index contributed by atoms with van der Waals surface area (Å²) in [6, 6.07) is 12.3. The molecule has 4 heterocycles. The van der Waals surface area contributed by atoms with Gasteiger partial charge >= 0.3 is 6.01 Å². The number of carbonyl (C=O) groups is 1. The minimum absolute atomic E-state index is 0.170. The van der Waals surface area contributed by atoms with Crippen molar-refractivity contribution < 1.29 is 9.53 Å². The van der Waals surface area contributed by atoms with E-state index in [0.717, 1.165) is 81.9 Å². The zero-order chi connectivity index (χ0) is 32.6. The molecule has 10 heteroatoms. The lowest BCUT2D eigenvalue weighted by molar-refractivity contribution is -0.117. The predicted octanol–water partition coefficient (Wildman–Crippen LogP) is 4.50. The number of ether oxygens (including phenoxy) is 1. The predicted molar refractivity (Wildman–Crippen MR) is 186 cm³/mol. The maximum absolute atomic E-state index is 12.8. The molecule has 0 bridgehead atoms. The molecule has 0 radical (unpaired) electrons. The zero-order valence-corrected chi connectivity index (χ0v) is 28.3. The number of nitriles is 1. The third kappa shape index (κ3) is 8.43. The largest absolute Gasteiger partial charge is 0.462 e. The van der Waals surface area contributed by atoms with E-state index in [4.69, 9.17) is 14.7 Å². The Labute approximate surface area is 280 Å². The number of amides is 1. The van der Waals surface area contributed by atoms with Crippen LogP contribution < -0.4 is 20.3 Å². The highest BCUT2D eigenvalue weighted by Crippen LogP contribution is 2.35. The minimum atomic E-state index is -0.349. The molecule has 1 aromatic carbocycles. The van der Waals surface area contributed by atoms with Gasteiger partial charge in [0.2, 0.25) is 5.91 Å². The number of likely N-dealkylation sites (tertiary alicyclic amines) is 2. The molecule has 1 amide bonds. The third-order valence-corrected chi connectivity index (χ3v) is 10.3. The van der Waals surface area contributed by atoms with Crippen molar-refractivity contribution in [3.05, 3.63) is 53.2 Å². The number of anilines is 2. The van der Waals surface area contributed by atoms with Crippen molar-refractivity contribution in [2.75, 3.05) is 56.1 Å². The molecule has 2 aromatic rings. The number of aromatic nitrogens is 2. The molecule has 6 rings (SSSR count). The molecule has 4 aliphatic rings. The van der Waals surface area contributed by atoms with Crippen molar-refractivity contribution in [1.29, 1.82) is 5.26 Å². The first-order valence-electron chi connectivity index (χ1n) is 17.9. The second-order valence-electron chi connectivity index (χ2n) is 13.9. The van der Waals surface area contributed by atoms with E-state index in [9.17, 15) is 10.1 Å².